The second-order valence-electron chi connectivity index (χ2n) is 5.30. The van der Waals surface area contributed by atoms with Gasteiger partial charge in [0.15, 0.2) is 5.76 Å². The highest BCUT2D eigenvalue weighted by Gasteiger charge is 2.18. The normalized spacial score (nSPS) is 11.9. The molecule has 1 atom stereocenters. The van der Waals surface area contributed by atoms with Crippen molar-refractivity contribution in [2.45, 2.75) is 13.0 Å². The van der Waals surface area contributed by atoms with Crippen LogP contribution in [0.3, 0.4) is 0 Å². The predicted octanol–water partition coefficient (Wildman–Crippen LogP) is 4.59. The Hall–Kier alpha value is -3.06. The lowest BCUT2D eigenvalue weighted by Crippen LogP contribution is -2.25. The smallest absolute Gasteiger partial charge is 0.287 e. The van der Waals surface area contributed by atoms with Crippen LogP contribution in [0.25, 0.3) is 11.3 Å². The van der Waals surface area contributed by atoms with Gasteiger partial charge in [0.05, 0.1) is 22.3 Å². The molecule has 0 aliphatic heterocycles. The molecule has 25 heavy (non-hydrogen) atoms. The highest BCUT2D eigenvalue weighted by atomic mass is 35.5. The quantitative estimate of drug-likeness (QED) is 0.530. The first kappa shape index (κ1) is 16.8. The van der Waals surface area contributed by atoms with Gasteiger partial charge >= 0.3 is 0 Å². The molecule has 2 aromatic heterocycles. The zero-order chi connectivity index (χ0) is 18.0. The Morgan fingerprint density at radius 3 is 2.72 bits per heavy atom. The lowest BCUT2D eigenvalue weighted by Gasteiger charge is -2.09. The topological polar surface area (TPSA) is 98.5 Å². The molecule has 0 fully saturated rings. The number of carbonyl (C=O) groups excluding carboxylic acids is 1. The van der Waals surface area contributed by atoms with Crippen molar-refractivity contribution < 1.29 is 18.6 Å². The molecular weight excluding hydrogens is 348 g/mol. The SMILES string of the molecule is C[C@@H](NC(=O)c1ccc(-c2ccc([N+](=O)[O-])cc2Cl)o1)c1ccco1. The van der Waals surface area contributed by atoms with Crippen LogP contribution in [-0.4, -0.2) is 10.8 Å². The molecule has 0 spiro atoms. The van der Waals surface area contributed by atoms with Gasteiger partial charge in [0.2, 0.25) is 0 Å². The third-order valence-corrected chi connectivity index (χ3v) is 3.89. The van der Waals surface area contributed by atoms with E-state index in [1.807, 2.05) is 0 Å². The Morgan fingerprint density at radius 1 is 1.28 bits per heavy atom. The summed E-state index contributed by atoms with van der Waals surface area (Å²) < 4.78 is 10.8. The second kappa shape index (κ2) is 6.82. The third-order valence-electron chi connectivity index (χ3n) is 3.58. The summed E-state index contributed by atoms with van der Waals surface area (Å²) >= 11 is 6.07. The van der Waals surface area contributed by atoms with Crippen LogP contribution in [0.1, 0.15) is 29.3 Å². The van der Waals surface area contributed by atoms with E-state index in [-0.39, 0.29) is 22.5 Å². The molecule has 8 heteroatoms. The van der Waals surface area contributed by atoms with E-state index in [1.54, 1.807) is 25.1 Å². The lowest BCUT2D eigenvalue weighted by molar-refractivity contribution is -0.384. The van der Waals surface area contributed by atoms with Crippen LogP contribution < -0.4 is 5.32 Å². The third kappa shape index (κ3) is 3.56. The maximum Gasteiger partial charge on any atom is 0.287 e. The Labute approximate surface area is 147 Å². The van der Waals surface area contributed by atoms with Crippen molar-refractivity contribution in [1.82, 2.24) is 5.32 Å². The number of rotatable bonds is 5. The molecule has 1 aromatic carbocycles. The first-order valence-corrected chi connectivity index (χ1v) is 7.72. The fraction of sp³-hybridized carbons (Fsp3) is 0.118. The molecule has 3 rings (SSSR count). The average Bonchev–Trinajstić information content (AvgIpc) is 3.26. The summed E-state index contributed by atoms with van der Waals surface area (Å²) in [5, 5.41) is 13.7. The van der Waals surface area contributed by atoms with E-state index in [2.05, 4.69) is 5.32 Å². The maximum atomic E-state index is 12.3. The molecule has 0 saturated heterocycles. The van der Waals surface area contributed by atoms with Gasteiger partial charge in [-0.25, -0.2) is 0 Å². The minimum Gasteiger partial charge on any atom is -0.467 e. The summed E-state index contributed by atoms with van der Waals surface area (Å²) in [5.41, 5.74) is 0.343. The zero-order valence-electron chi connectivity index (χ0n) is 13.1. The first-order valence-electron chi connectivity index (χ1n) is 7.34. The summed E-state index contributed by atoms with van der Waals surface area (Å²) in [4.78, 5) is 22.5. The van der Waals surface area contributed by atoms with Gasteiger partial charge in [0.25, 0.3) is 11.6 Å². The number of nitrogens with one attached hydrogen (secondary N) is 1. The maximum absolute atomic E-state index is 12.3. The van der Waals surface area contributed by atoms with Gasteiger partial charge in [0, 0.05) is 17.7 Å². The van der Waals surface area contributed by atoms with Crippen molar-refractivity contribution in [3.63, 3.8) is 0 Å². The van der Waals surface area contributed by atoms with E-state index in [1.165, 1.54) is 30.5 Å². The molecule has 0 unspecified atom stereocenters. The predicted molar refractivity (Wildman–Crippen MR) is 90.4 cm³/mol. The van der Waals surface area contributed by atoms with E-state index in [4.69, 9.17) is 20.4 Å². The Balaban J connectivity index is 1.78. The number of nitrogens with zero attached hydrogens (tertiary/aromatic N) is 1. The number of nitro benzene ring substituents is 1. The molecule has 2 heterocycles. The number of hydrogen-bond acceptors (Lipinski definition) is 5. The summed E-state index contributed by atoms with van der Waals surface area (Å²) in [6, 6.07) is 10.3. The number of nitro groups is 1. The summed E-state index contributed by atoms with van der Waals surface area (Å²) in [6.07, 6.45) is 1.53. The molecule has 3 aromatic rings. The summed E-state index contributed by atoms with van der Waals surface area (Å²) in [6.45, 7) is 1.79. The minimum atomic E-state index is -0.535. The highest BCUT2D eigenvalue weighted by Crippen LogP contribution is 2.32. The molecule has 1 N–H and O–H groups in total. The Bertz CT molecular complexity index is 917. The molecule has 0 radical (unpaired) electrons. The van der Waals surface area contributed by atoms with Gasteiger partial charge < -0.3 is 14.2 Å². The fourth-order valence-corrected chi connectivity index (χ4v) is 2.57. The molecule has 0 bridgehead atoms. The molecule has 1 amide bonds. The van der Waals surface area contributed by atoms with Gasteiger partial charge in [0.1, 0.15) is 11.5 Å². The summed E-state index contributed by atoms with van der Waals surface area (Å²) in [7, 11) is 0. The van der Waals surface area contributed by atoms with Crippen LogP contribution in [0.2, 0.25) is 5.02 Å². The van der Waals surface area contributed by atoms with E-state index >= 15 is 0 Å². The molecule has 7 nitrogen and oxygen atoms in total. The van der Waals surface area contributed by atoms with Crippen molar-refractivity contribution >= 4 is 23.2 Å². The van der Waals surface area contributed by atoms with Gasteiger partial charge in [-0.15, -0.1) is 0 Å². The number of amides is 1. The summed E-state index contributed by atoms with van der Waals surface area (Å²) in [5.74, 6) is 0.658. The van der Waals surface area contributed by atoms with Crippen LogP contribution in [0, 0.1) is 10.1 Å². The number of furan rings is 2. The van der Waals surface area contributed by atoms with Crippen LogP contribution in [0.4, 0.5) is 5.69 Å². The number of benzene rings is 1. The van der Waals surface area contributed by atoms with E-state index < -0.39 is 10.8 Å². The van der Waals surface area contributed by atoms with Crippen molar-refractivity contribution in [2.24, 2.45) is 0 Å². The minimum absolute atomic E-state index is 0.0998. The van der Waals surface area contributed by atoms with E-state index in [0.29, 0.717) is 17.1 Å². The number of hydrogen-bond donors (Lipinski definition) is 1. The molecule has 0 aliphatic carbocycles. The van der Waals surface area contributed by atoms with Crippen molar-refractivity contribution in [3.05, 3.63) is 75.4 Å². The molecular formula is C17H13ClN2O5. The monoisotopic (exact) mass is 360 g/mol. The second-order valence-corrected chi connectivity index (χ2v) is 5.70. The van der Waals surface area contributed by atoms with E-state index in [0.717, 1.165) is 0 Å². The average molecular weight is 361 g/mol. The largest absolute Gasteiger partial charge is 0.467 e. The lowest BCUT2D eigenvalue weighted by atomic mass is 10.1. The van der Waals surface area contributed by atoms with Crippen LogP contribution in [0.5, 0.6) is 0 Å². The van der Waals surface area contributed by atoms with Crippen LogP contribution in [0.15, 0.2) is 57.6 Å². The standard InChI is InChI=1S/C17H13ClN2O5/c1-10(14-3-2-8-24-14)19-17(21)16-7-6-15(25-16)12-5-4-11(20(22)23)9-13(12)18/h2-10H,1H3,(H,19,21)/t10-/m1/s1. The Kier molecular flexibility index (Phi) is 4.58. The van der Waals surface area contributed by atoms with Crippen molar-refractivity contribution in [3.8, 4) is 11.3 Å². The highest BCUT2D eigenvalue weighted by molar-refractivity contribution is 6.33. The molecule has 128 valence electrons. The zero-order valence-corrected chi connectivity index (χ0v) is 13.8. The first-order chi connectivity index (χ1) is 12.0. The van der Waals surface area contributed by atoms with Gasteiger partial charge in [-0.1, -0.05) is 11.6 Å². The molecule has 0 aliphatic rings. The van der Waals surface area contributed by atoms with Crippen LogP contribution >= 0.6 is 11.6 Å². The van der Waals surface area contributed by atoms with Crippen molar-refractivity contribution in [2.75, 3.05) is 0 Å². The van der Waals surface area contributed by atoms with E-state index in [9.17, 15) is 14.9 Å². The Morgan fingerprint density at radius 2 is 2.08 bits per heavy atom. The number of carbonyl (C=O) groups is 1. The van der Waals surface area contributed by atoms with Crippen molar-refractivity contribution in [1.29, 1.82) is 0 Å². The van der Waals surface area contributed by atoms with Gasteiger partial charge in [-0.05, 0) is 37.3 Å². The molecule has 0 saturated carbocycles. The van der Waals surface area contributed by atoms with Gasteiger partial charge in [-0.2, -0.15) is 0 Å². The van der Waals surface area contributed by atoms with Crippen LogP contribution in [-0.2, 0) is 0 Å². The number of non-ortho nitro benzene ring substituents is 1. The van der Waals surface area contributed by atoms with Gasteiger partial charge in [-0.3, -0.25) is 14.9 Å². The number of halogens is 1. The fourth-order valence-electron chi connectivity index (χ4n) is 2.30.